The topological polar surface area (TPSA) is 62.4 Å². The minimum Gasteiger partial charge on any atom is -0.351 e. The molecule has 0 aliphatic rings. The molecular formula is C9H13FN4. The van der Waals surface area contributed by atoms with Gasteiger partial charge in [0, 0.05) is 13.6 Å². The van der Waals surface area contributed by atoms with E-state index in [1.807, 2.05) is 6.07 Å². The number of aliphatic imine (C=N–C) groups is 1. The fourth-order valence-corrected chi connectivity index (χ4v) is 1.03. The van der Waals surface area contributed by atoms with E-state index in [2.05, 4.69) is 15.7 Å². The first-order valence-electron chi connectivity index (χ1n) is 4.18. The lowest BCUT2D eigenvalue weighted by molar-refractivity contribution is 0.624. The molecule has 14 heavy (non-hydrogen) atoms. The van der Waals surface area contributed by atoms with Gasteiger partial charge in [0.05, 0.1) is 0 Å². The molecule has 1 aromatic rings. The summed E-state index contributed by atoms with van der Waals surface area (Å²) >= 11 is 0. The molecule has 0 amide bonds. The smallest absolute Gasteiger partial charge is 0.205 e. The molecule has 0 aliphatic carbocycles. The zero-order valence-corrected chi connectivity index (χ0v) is 7.92. The number of nitrogens with one attached hydrogen (secondary N) is 2. The summed E-state index contributed by atoms with van der Waals surface area (Å²) in [7, 11) is 1.60. The van der Waals surface area contributed by atoms with Crippen LogP contribution in [0.15, 0.2) is 29.3 Å². The van der Waals surface area contributed by atoms with Crippen LogP contribution in [0.25, 0.3) is 0 Å². The number of benzene rings is 1. The monoisotopic (exact) mass is 196 g/mol. The Bertz CT molecular complexity index is 324. The van der Waals surface area contributed by atoms with Crippen LogP contribution in [0, 0.1) is 5.82 Å². The van der Waals surface area contributed by atoms with Gasteiger partial charge in [0.1, 0.15) is 5.82 Å². The molecule has 0 atom stereocenters. The van der Waals surface area contributed by atoms with E-state index in [9.17, 15) is 4.39 Å². The minimum atomic E-state index is -0.250. The van der Waals surface area contributed by atoms with Gasteiger partial charge in [-0.25, -0.2) is 10.2 Å². The Balaban J connectivity index is 2.53. The van der Waals surface area contributed by atoms with Crippen molar-refractivity contribution in [1.29, 1.82) is 0 Å². The molecule has 0 radical (unpaired) electrons. The quantitative estimate of drug-likeness (QED) is 0.277. The van der Waals surface area contributed by atoms with Crippen molar-refractivity contribution in [3.05, 3.63) is 35.6 Å². The van der Waals surface area contributed by atoms with E-state index < -0.39 is 0 Å². The van der Waals surface area contributed by atoms with Crippen molar-refractivity contribution in [3.8, 4) is 0 Å². The number of hydrogen-bond donors (Lipinski definition) is 3. The molecule has 0 unspecified atom stereocenters. The van der Waals surface area contributed by atoms with Crippen LogP contribution in [0.1, 0.15) is 5.56 Å². The van der Waals surface area contributed by atoms with Crippen molar-refractivity contribution in [2.75, 3.05) is 7.05 Å². The minimum absolute atomic E-state index is 0.250. The van der Waals surface area contributed by atoms with Gasteiger partial charge in [-0.05, 0) is 17.7 Å². The molecule has 0 aromatic heterocycles. The Morgan fingerprint density at radius 2 is 2.36 bits per heavy atom. The highest BCUT2D eigenvalue weighted by molar-refractivity contribution is 5.78. The Labute approximate surface area is 82.0 Å². The van der Waals surface area contributed by atoms with Crippen molar-refractivity contribution < 1.29 is 4.39 Å². The van der Waals surface area contributed by atoms with Crippen molar-refractivity contribution in [2.24, 2.45) is 10.8 Å². The summed E-state index contributed by atoms with van der Waals surface area (Å²) in [6.45, 7) is 0.481. The third-order valence-electron chi connectivity index (χ3n) is 1.71. The summed E-state index contributed by atoms with van der Waals surface area (Å²) in [4.78, 5) is 3.82. The van der Waals surface area contributed by atoms with Crippen LogP contribution in [-0.4, -0.2) is 13.0 Å². The summed E-state index contributed by atoms with van der Waals surface area (Å²) in [6.07, 6.45) is 0. The van der Waals surface area contributed by atoms with Gasteiger partial charge in [-0.2, -0.15) is 0 Å². The second-order valence-electron chi connectivity index (χ2n) is 2.70. The summed E-state index contributed by atoms with van der Waals surface area (Å²) in [6, 6.07) is 6.33. The molecule has 1 rings (SSSR count). The number of nitrogens with two attached hydrogens (primary N) is 1. The first-order chi connectivity index (χ1) is 6.76. The van der Waals surface area contributed by atoms with E-state index in [1.165, 1.54) is 12.1 Å². The number of halogens is 1. The SMILES string of the molecule is CN=C(NN)NCc1cccc(F)c1. The van der Waals surface area contributed by atoms with Gasteiger partial charge in [-0.3, -0.25) is 10.4 Å². The molecule has 4 nitrogen and oxygen atoms in total. The van der Waals surface area contributed by atoms with Crippen molar-refractivity contribution in [2.45, 2.75) is 6.54 Å². The standard InChI is InChI=1S/C9H13FN4/c1-12-9(14-11)13-6-7-3-2-4-8(10)5-7/h2-5H,6,11H2,1H3,(H2,12,13,14). The van der Waals surface area contributed by atoms with Crippen molar-refractivity contribution in [3.63, 3.8) is 0 Å². The number of rotatable bonds is 2. The number of hydrogen-bond acceptors (Lipinski definition) is 2. The summed E-state index contributed by atoms with van der Waals surface area (Å²) in [5, 5.41) is 2.91. The van der Waals surface area contributed by atoms with Gasteiger partial charge in [-0.1, -0.05) is 12.1 Å². The molecule has 0 saturated carbocycles. The van der Waals surface area contributed by atoms with E-state index >= 15 is 0 Å². The lowest BCUT2D eigenvalue weighted by atomic mass is 10.2. The van der Waals surface area contributed by atoms with Crippen LogP contribution in [0.5, 0.6) is 0 Å². The largest absolute Gasteiger partial charge is 0.351 e. The second-order valence-corrected chi connectivity index (χ2v) is 2.70. The molecule has 0 fully saturated rings. The highest BCUT2D eigenvalue weighted by atomic mass is 19.1. The average molecular weight is 196 g/mol. The maximum atomic E-state index is 12.8. The number of nitrogens with zero attached hydrogens (tertiary/aromatic N) is 1. The Morgan fingerprint density at radius 3 is 2.93 bits per heavy atom. The second kappa shape index (κ2) is 5.18. The first kappa shape index (κ1) is 10.5. The van der Waals surface area contributed by atoms with Crippen LogP contribution >= 0.6 is 0 Å². The molecule has 0 aliphatic heterocycles. The fraction of sp³-hybridized carbons (Fsp3) is 0.222. The van der Waals surface area contributed by atoms with Crippen molar-refractivity contribution >= 4 is 5.96 Å². The average Bonchev–Trinajstić information content (AvgIpc) is 2.19. The summed E-state index contributed by atoms with van der Waals surface area (Å²) in [5.41, 5.74) is 3.22. The van der Waals surface area contributed by atoms with E-state index in [0.717, 1.165) is 5.56 Å². The van der Waals surface area contributed by atoms with E-state index in [0.29, 0.717) is 12.5 Å². The molecule has 4 N–H and O–H groups in total. The van der Waals surface area contributed by atoms with Crippen LogP contribution in [0.3, 0.4) is 0 Å². The molecular weight excluding hydrogens is 183 g/mol. The molecule has 1 aromatic carbocycles. The van der Waals surface area contributed by atoms with Crippen LogP contribution < -0.4 is 16.6 Å². The maximum Gasteiger partial charge on any atom is 0.205 e. The summed E-state index contributed by atoms with van der Waals surface area (Å²) in [5.74, 6) is 5.38. The predicted octanol–water partition coefficient (Wildman–Crippen LogP) is 0.364. The Hall–Kier alpha value is -1.62. The zero-order chi connectivity index (χ0) is 10.4. The number of hydrazine groups is 1. The molecule has 5 heteroatoms. The van der Waals surface area contributed by atoms with E-state index in [1.54, 1.807) is 13.1 Å². The van der Waals surface area contributed by atoms with Gasteiger partial charge in [0.25, 0.3) is 0 Å². The van der Waals surface area contributed by atoms with E-state index in [-0.39, 0.29) is 5.82 Å². The Morgan fingerprint density at radius 1 is 1.57 bits per heavy atom. The normalized spacial score (nSPS) is 11.2. The van der Waals surface area contributed by atoms with Crippen LogP contribution in [0.2, 0.25) is 0 Å². The van der Waals surface area contributed by atoms with Gasteiger partial charge in [-0.15, -0.1) is 0 Å². The summed E-state index contributed by atoms with van der Waals surface area (Å²) < 4.78 is 12.8. The molecule has 0 spiro atoms. The molecule has 0 heterocycles. The van der Waals surface area contributed by atoms with Gasteiger partial charge in [0.2, 0.25) is 5.96 Å². The van der Waals surface area contributed by atoms with Crippen LogP contribution in [0.4, 0.5) is 4.39 Å². The fourth-order valence-electron chi connectivity index (χ4n) is 1.03. The van der Waals surface area contributed by atoms with Gasteiger partial charge < -0.3 is 5.32 Å². The third-order valence-corrected chi connectivity index (χ3v) is 1.71. The van der Waals surface area contributed by atoms with E-state index in [4.69, 9.17) is 5.84 Å². The zero-order valence-electron chi connectivity index (χ0n) is 7.92. The highest BCUT2D eigenvalue weighted by Gasteiger charge is 1.96. The first-order valence-corrected chi connectivity index (χ1v) is 4.18. The maximum absolute atomic E-state index is 12.8. The molecule has 0 bridgehead atoms. The number of guanidine groups is 1. The van der Waals surface area contributed by atoms with Crippen molar-refractivity contribution in [1.82, 2.24) is 10.7 Å². The third kappa shape index (κ3) is 3.02. The Kier molecular flexibility index (Phi) is 3.87. The van der Waals surface area contributed by atoms with Gasteiger partial charge >= 0.3 is 0 Å². The van der Waals surface area contributed by atoms with Crippen LogP contribution in [-0.2, 0) is 6.54 Å². The lowest BCUT2D eigenvalue weighted by Crippen LogP contribution is -2.41. The molecule has 0 saturated heterocycles. The predicted molar refractivity (Wildman–Crippen MR) is 53.9 cm³/mol. The highest BCUT2D eigenvalue weighted by Crippen LogP contribution is 2.02. The van der Waals surface area contributed by atoms with Gasteiger partial charge in [0.15, 0.2) is 0 Å². The lowest BCUT2D eigenvalue weighted by Gasteiger charge is -2.07. The molecule has 76 valence electrons.